The summed E-state index contributed by atoms with van der Waals surface area (Å²) in [6.45, 7) is -0.455. The second-order valence-electron chi connectivity index (χ2n) is 4.88. The smallest absolute Gasteiger partial charge is 0.322 e. The Balaban J connectivity index is 1.90. The molecule has 0 saturated carbocycles. The van der Waals surface area contributed by atoms with Crippen molar-refractivity contribution in [3.8, 4) is 0 Å². The van der Waals surface area contributed by atoms with Crippen LogP contribution in [0.25, 0.3) is 11.0 Å². The van der Waals surface area contributed by atoms with Crippen LogP contribution in [0.4, 0.5) is 11.5 Å². The Morgan fingerprint density at radius 3 is 2.83 bits per heavy atom. The summed E-state index contributed by atoms with van der Waals surface area (Å²) in [5.74, 6) is -1.10. The molecule has 3 aromatic rings. The zero-order chi connectivity index (χ0) is 17.1. The highest BCUT2D eigenvalue weighted by atomic mass is 79.9. The zero-order valence-corrected chi connectivity index (χ0v) is 13.8. The number of carboxylic acid groups (broad SMARTS) is 1. The third-order valence-electron chi connectivity index (χ3n) is 3.16. The number of halogens is 1. The van der Waals surface area contributed by atoms with Gasteiger partial charge in [-0.05, 0) is 24.3 Å². The lowest BCUT2D eigenvalue weighted by atomic mass is 10.3. The summed E-state index contributed by atoms with van der Waals surface area (Å²) in [4.78, 5) is 33.6. The topological polar surface area (TPSA) is 120 Å². The molecule has 122 valence electrons. The van der Waals surface area contributed by atoms with Crippen molar-refractivity contribution in [2.75, 3.05) is 11.9 Å². The molecule has 0 aliphatic carbocycles. The van der Waals surface area contributed by atoms with E-state index in [0.29, 0.717) is 16.9 Å². The highest BCUT2D eigenvalue weighted by molar-refractivity contribution is 9.10. The van der Waals surface area contributed by atoms with E-state index in [1.807, 2.05) is 24.3 Å². The minimum absolute atomic E-state index is 0.212. The number of carboxylic acids is 1. The Hall–Kier alpha value is -2.94. The summed E-state index contributed by atoms with van der Waals surface area (Å²) < 4.78 is 0.917. The molecule has 0 saturated heterocycles. The standard InChI is InChI=1S/C15H12BrN5O3/c16-8-2-1-3-9(4-8)20-13-10-5-11(15(24)17-6-12(22)23)21-14(10)19-7-18-13/h1-5,7H,6H2,(H,17,24)(H,22,23)(H2,18,19,20,21). The number of carbonyl (C=O) groups is 2. The molecule has 0 fully saturated rings. The summed E-state index contributed by atoms with van der Waals surface area (Å²) in [6.07, 6.45) is 1.37. The van der Waals surface area contributed by atoms with Crippen molar-refractivity contribution >= 4 is 50.3 Å². The Labute approximate surface area is 144 Å². The van der Waals surface area contributed by atoms with Crippen LogP contribution in [0, 0.1) is 0 Å². The van der Waals surface area contributed by atoms with Crippen LogP contribution in [-0.2, 0) is 4.79 Å². The van der Waals surface area contributed by atoms with Crippen LogP contribution in [0.2, 0.25) is 0 Å². The number of nitrogens with zero attached hydrogens (tertiary/aromatic N) is 2. The van der Waals surface area contributed by atoms with Gasteiger partial charge in [0.25, 0.3) is 5.91 Å². The predicted molar refractivity (Wildman–Crippen MR) is 91.3 cm³/mol. The van der Waals surface area contributed by atoms with Gasteiger partial charge >= 0.3 is 5.97 Å². The number of aromatic amines is 1. The highest BCUT2D eigenvalue weighted by Gasteiger charge is 2.14. The van der Waals surface area contributed by atoms with Gasteiger partial charge in [0.2, 0.25) is 0 Å². The Bertz CT molecular complexity index is 924. The second kappa shape index (κ2) is 6.67. The van der Waals surface area contributed by atoms with E-state index >= 15 is 0 Å². The molecule has 1 amide bonds. The molecule has 2 heterocycles. The van der Waals surface area contributed by atoms with Gasteiger partial charge in [0.15, 0.2) is 0 Å². The lowest BCUT2D eigenvalue weighted by molar-refractivity contribution is -0.135. The average molecular weight is 390 g/mol. The molecular formula is C15H12BrN5O3. The van der Waals surface area contributed by atoms with Crippen molar-refractivity contribution in [1.82, 2.24) is 20.3 Å². The van der Waals surface area contributed by atoms with Gasteiger partial charge in [0.1, 0.15) is 30.0 Å². The van der Waals surface area contributed by atoms with Crippen molar-refractivity contribution in [2.24, 2.45) is 0 Å². The number of fused-ring (bicyclic) bond motifs is 1. The third kappa shape index (κ3) is 3.51. The first-order chi connectivity index (χ1) is 11.5. The Morgan fingerprint density at radius 1 is 1.25 bits per heavy atom. The molecule has 0 radical (unpaired) electrons. The average Bonchev–Trinajstić information content (AvgIpc) is 2.98. The number of anilines is 2. The molecule has 8 nitrogen and oxygen atoms in total. The van der Waals surface area contributed by atoms with Crippen LogP contribution in [0.15, 0.2) is 41.1 Å². The van der Waals surface area contributed by atoms with Crippen LogP contribution in [0.3, 0.4) is 0 Å². The number of rotatable bonds is 5. The maximum atomic E-state index is 12.0. The predicted octanol–water partition coefficient (Wildman–Crippen LogP) is 2.28. The van der Waals surface area contributed by atoms with E-state index < -0.39 is 18.4 Å². The number of hydrogen-bond donors (Lipinski definition) is 4. The molecule has 0 aliphatic heterocycles. The van der Waals surface area contributed by atoms with Crippen molar-refractivity contribution in [1.29, 1.82) is 0 Å². The molecule has 0 atom stereocenters. The number of benzene rings is 1. The molecular weight excluding hydrogens is 378 g/mol. The van der Waals surface area contributed by atoms with Gasteiger partial charge in [-0.2, -0.15) is 0 Å². The fourth-order valence-electron chi connectivity index (χ4n) is 2.12. The fourth-order valence-corrected chi connectivity index (χ4v) is 2.52. The highest BCUT2D eigenvalue weighted by Crippen LogP contribution is 2.25. The van der Waals surface area contributed by atoms with Crippen molar-refractivity contribution < 1.29 is 14.7 Å². The number of aromatic nitrogens is 3. The van der Waals surface area contributed by atoms with Crippen LogP contribution >= 0.6 is 15.9 Å². The molecule has 0 bridgehead atoms. The maximum absolute atomic E-state index is 12.0. The minimum atomic E-state index is -1.11. The molecule has 3 rings (SSSR count). The SMILES string of the molecule is O=C(O)CNC(=O)c1cc2c(Nc3cccc(Br)c3)ncnc2[nH]1. The van der Waals surface area contributed by atoms with Gasteiger partial charge in [-0.15, -0.1) is 0 Å². The van der Waals surface area contributed by atoms with E-state index in [4.69, 9.17) is 5.11 Å². The van der Waals surface area contributed by atoms with E-state index in [0.717, 1.165) is 10.2 Å². The minimum Gasteiger partial charge on any atom is -0.480 e. The molecule has 0 aliphatic rings. The summed E-state index contributed by atoms with van der Waals surface area (Å²) >= 11 is 3.40. The van der Waals surface area contributed by atoms with Crippen LogP contribution in [-0.4, -0.2) is 38.5 Å². The van der Waals surface area contributed by atoms with E-state index in [-0.39, 0.29) is 5.69 Å². The zero-order valence-electron chi connectivity index (χ0n) is 12.2. The van der Waals surface area contributed by atoms with Gasteiger partial charge in [-0.25, -0.2) is 9.97 Å². The van der Waals surface area contributed by atoms with E-state index in [9.17, 15) is 9.59 Å². The molecule has 9 heteroatoms. The molecule has 1 aromatic carbocycles. The third-order valence-corrected chi connectivity index (χ3v) is 3.65. The fraction of sp³-hybridized carbons (Fsp3) is 0.0667. The molecule has 2 aromatic heterocycles. The normalized spacial score (nSPS) is 10.5. The number of carbonyl (C=O) groups excluding carboxylic acids is 1. The van der Waals surface area contributed by atoms with E-state index in [2.05, 4.69) is 41.5 Å². The van der Waals surface area contributed by atoms with Crippen LogP contribution in [0.5, 0.6) is 0 Å². The largest absolute Gasteiger partial charge is 0.480 e. The molecule has 0 unspecified atom stereocenters. The first-order valence-electron chi connectivity index (χ1n) is 6.89. The first kappa shape index (κ1) is 15.9. The summed E-state index contributed by atoms with van der Waals surface area (Å²) in [6, 6.07) is 9.13. The van der Waals surface area contributed by atoms with Crippen molar-refractivity contribution in [3.63, 3.8) is 0 Å². The molecule has 4 N–H and O–H groups in total. The number of H-pyrrole nitrogens is 1. The first-order valence-corrected chi connectivity index (χ1v) is 7.68. The number of nitrogens with one attached hydrogen (secondary N) is 3. The van der Waals surface area contributed by atoms with Crippen LogP contribution in [0.1, 0.15) is 10.5 Å². The number of aliphatic carboxylic acids is 1. The lowest BCUT2D eigenvalue weighted by Gasteiger charge is -2.06. The van der Waals surface area contributed by atoms with Crippen molar-refractivity contribution in [2.45, 2.75) is 0 Å². The van der Waals surface area contributed by atoms with Gasteiger partial charge in [-0.3, -0.25) is 9.59 Å². The van der Waals surface area contributed by atoms with Gasteiger partial charge in [0, 0.05) is 10.2 Å². The van der Waals surface area contributed by atoms with Crippen LogP contribution < -0.4 is 10.6 Å². The second-order valence-corrected chi connectivity index (χ2v) is 5.80. The summed E-state index contributed by atoms with van der Waals surface area (Å²) in [5, 5.41) is 14.7. The molecule has 0 spiro atoms. The van der Waals surface area contributed by atoms with Gasteiger partial charge in [0.05, 0.1) is 5.39 Å². The Morgan fingerprint density at radius 2 is 2.08 bits per heavy atom. The monoisotopic (exact) mass is 389 g/mol. The number of amides is 1. The maximum Gasteiger partial charge on any atom is 0.322 e. The number of hydrogen-bond acceptors (Lipinski definition) is 5. The lowest BCUT2D eigenvalue weighted by Crippen LogP contribution is -2.29. The summed E-state index contributed by atoms with van der Waals surface area (Å²) in [7, 11) is 0. The molecule has 24 heavy (non-hydrogen) atoms. The quantitative estimate of drug-likeness (QED) is 0.531. The van der Waals surface area contributed by atoms with E-state index in [1.54, 1.807) is 6.07 Å². The summed E-state index contributed by atoms with van der Waals surface area (Å²) in [5.41, 5.74) is 1.51. The van der Waals surface area contributed by atoms with Gasteiger partial charge < -0.3 is 20.7 Å². The van der Waals surface area contributed by atoms with Gasteiger partial charge in [-0.1, -0.05) is 22.0 Å². The van der Waals surface area contributed by atoms with E-state index in [1.165, 1.54) is 6.33 Å². The Kier molecular flexibility index (Phi) is 4.43. The van der Waals surface area contributed by atoms with Crippen molar-refractivity contribution in [3.05, 3.63) is 46.8 Å².